The number of carbonyl (C=O) groups excluding carboxylic acids is 3. The van der Waals surface area contributed by atoms with Gasteiger partial charge < -0.3 is 29.7 Å². The highest BCUT2D eigenvalue weighted by molar-refractivity contribution is 6.08. The molecule has 10 nitrogen and oxygen atoms in total. The first-order chi connectivity index (χ1) is 20.4. The number of rotatable bonds is 14. The third-order valence-electron chi connectivity index (χ3n) is 7.90. The van der Waals surface area contributed by atoms with Crippen molar-refractivity contribution in [3.8, 4) is 0 Å². The monoisotopic (exact) mass is 590 g/mol. The zero-order valence-electron chi connectivity index (χ0n) is 24.0. The van der Waals surface area contributed by atoms with Gasteiger partial charge in [0.05, 0.1) is 32.9 Å². The van der Waals surface area contributed by atoms with Crippen LogP contribution < -0.4 is 5.73 Å². The van der Waals surface area contributed by atoms with E-state index in [-0.39, 0.29) is 30.7 Å². The molecule has 0 bridgehead atoms. The number of urea groups is 1. The molecule has 4 amide bonds. The summed E-state index contributed by atoms with van der Waals surface area (Å²) in [5.74, 6) is 0.788. The number of amides is 4. The lowest BCUT2D eigenvalue weighted by molar-refractivity contribution is -0.127. The van der Waals surface area contributed by atoms with E-state index in [2.05, 4.69) is 6.08 Å². The summed E-state index contributed by atoms with van der Waals surface area (Å²) in [5, 5.41) is 0. The summed E-state index contributed by atoms with van der Waals surface area (Å²) in [6, 6.07) is -1.19. The van der Waals surface area contributed by atoms with Crippen LogP contribution in [-0.2, 0) is 23.8 Å². The second-order valence-electron chi connectivity index (χ2n) is 10.8. The number of ether oxygens (including phenoxy) is 3. The molecule has 4 aliphatic rings. The molecule has 2 aliphatic carbocycles. The summed E-state index contributed by atoms with van der Waals surface area (Å²) < 4.78 is 42.6. The topological polar surface area (TPSA) is 115 Å². The van der Waals surface area contributed by atoms with Gasteiger partial charge in [0.2, 0.25) is 6.41 Å². The Morgan fingerprint density at radius 1 is 1.14 bits per heavy atom. The normalized spacial score (nSPS) is 23.5. The van der Waals surface area contributed by atoms with Crippen molar-refractivity contribution in [3.63, 3.8) is 0 Å². The van der Waals surface area contributed by atoms with Gasteiger partial charge in [0, 0.05) is 36.3 Å². The van der Waals surface area contributed by atoms with Crippen molar-refractivity contribution < 1.29 is 37.4 Å². The number of methoxy groups -OCH3 is 1. The number of alkyl halides is 2. The van der Waals surface area contributed by atoms with Gasteiger partial charge in [0.1, 0.15) is 24.9 Å². The molecule has 42 heavy (non-hydrogen) atoms. The van der Waals surface area contributed by atoms with Crippen LogP contribution in [0.25, 0.3) is 0 Å². The Bertz CT molecular complexity index is 1140. The summed E-state index contributed by atoms with van der Waals surface area (Å²) in [4.78, 5) is 43.1. The summed E-state index contributed by atoms with van der Waals surface area (Å²) >= 11 is 0. The van der Waals surface area contributed by atoms with Crippen LogP contribution in [0.1, 0.15) is 32.1 Å². The highest BCUT2D eigenvalue weighted by atomic mass is 19.1. The first-order valence-corrected chi connectivity index (χ1v) is 14.4. The second-order valence-corrected chi connectivity index (χ2v) is 10.8. The Labute approximate surface area is 245 Å². The molecule has 0 radical (unpaired) electrons. The molecule has 2 N–H and O–H groups in total. The number of likely N-dealkylation sites (tertiary alicyclic amines) is 1. The number of nitrogens with two attached hydrogens (primary N) is 1. The van der Waals surface area contributed by atoms with Crippen LogP contribution in [0.5, 0.6) is 0 Å². The molecule has 2 saturated heterocycles. The SMILES string of the molecule is COC1=CCC(COCC/C=C(\N)CN2C(=O)C3=CC(OC(CF)CF)=CCC3N(C3CCN(C=O)CC3)C2=O)C=C1. The van der Waals surface area contributed by atoms with Gasteiger partial charge in [-0.3, -0.25) is 14.5 Å². The summed E-state index contributed by atoms with van der Waals surface area (Å²) in [5.41, 5.74) is 6.92. The van der Waals surface area contributed by atoms with E-state index in [1.54, 1.807) is 29.1 Å². The summed E-state index contributed by atoms with van der Waals surface area (Å²) in [6.07, 6.45) is 13.1. The molecule has 0 aromatic heterocycles. The van der Waals surface area contributed by atoms with Crippen molar-refractivity contribution in [2.45, 2.75) is 50.3 Å². The van der Waals surface area contributed by atoms with Crippen LogP contribution in [0.15, 0.2) is 59.2 Å². The Kier molecular flexibility index (Phi) is 11.2. The predicted molar refractivity (Wildman–Crippen MR) is 151 cm³/mol. The average Bonchev–Trinajstić information content (AvgIpc) is 3.02. The molecular weight excluding hydrogens is 550 g/mol. The Balaban J connectivity index is 1.42. The zero-order valence-corrected chi connectivity index (χ0v) is 24.0. The molecule has 2 heterocycles. The smallest absolute Gasteiger partial charge is 0.328 e. The first kappa shape index (κ1) is 31.3. The standard InChI is InChI=1S/C30H40F2N4O6/c1-40-24-6-4-21(5-7-24)19-41-14-2-3-22(33)18-35-29(38)27-15-25(42-26(16-31)17-32)8-9-28(27)36(30(35)39)23-10-12-34(20-37)13-11-23/h3-4,6-8,15,20-21,23,26,28H,2,5,9-14,16-19,33H2,1H3/b22-3-. The molecule has 12 heteroatoms. The van der Waals surface area contributed by atoms with Gasteiger partial charge >= 0.3 is 6.03 Å². The van der Waals surface area contributed by atoms with Gasteiger partial charge in [-0.05, 0) is 56.4 Å². The van der Waals surface area contributed by atoms with Crippen LogP contribution in [0.4, 0.5) is 13.6 Å². The van der Waals surface area contributed by atoms with E-state index in [0.717, 1.165) is 23.5 Å². The van der Waals surface area contributed by atoms with Crippen LogP contribution in [0.3, 0.4) is 0 Å². The van der Waals surface area contributed by atoms with E-state index >= 15 is 0 Å². The number of piperidine rings is 1. The Morgan fingerprint density at radius 2 is 1.88 bits per heavy atom. The quantitative estimate of drug-likeness (QED) is 0.244. The van der Waals surface area contributed by atoms with Crippen molar-refractivity contribution in [2.24, 2.45) is 11.7 Å². The van der Waals surface area contributed by atoms with Crippen LogP contribution >= 0.6 is 0 Å². The number of hydrogen-bond donors (Lipinski definition) is 1. The minimum absolute atomic E-state index is 0.112. The van der Waals surface area contributed by atoms with E-state index in [1.807, 2.05) is 12.2 Å². The van der Waals surface area contributed by atoms with E-state index in [4.69, 9.17) is 19.9 Å². The van der Waals surface area contributed by atoms with Gasteiger partial charge in [-0.15, -0.1) is 0 Å². The fourth-order valence-corrected chi connectivity index (χ4v) is 5.57. The number of nitrogens with zero attached hydrogens (tertiary/aromatic N) is 3. The lowest BCUT2D eigenvalue weighted by Gasteiger charge is -2.48. The summed E-state index contributed by atoms with van der Waals surface area (Å²) in [7, 11) is 1.63. The maximum atomic E-state index is 13.8. The van der Waals surface area contributed by atoms with E-state index < -0.39 is 37.4 Å². The minimum atomic E-state index is -1.26. The number of imide groups is 1. The van der Waals surface area contributed by atoms with E-state index in [9.17, 15) is 23.2 Å². The van der Waals surface area contributed by atoms with Crippen molar-refractivity contribution in [2.75, 3.05) is 53.3 Å². The van der Waals surface area contributed by atoms with Gasteiger partial charge in [-0.2, -0.15) is 0 Å². The van der Waals surface area contributed by atoms with Gasteiger partial charge in [0.15, 0.2) is 6.10 Å². The van der Waals surface area contributed by atoms with Crippen LogP contribution in [-0.4, -0.2) is 105 Å². The number of halogens is 2. The predicted octanol–water partition coefficient (Wildman–Crippen LogP) is 3.13. The molecule has 2 unspecified atom stereocenters. The lowest BCUT2D eigenvalue weighted by Crippen LogP contribution is -2.63. The number of hydrogen-bond acceptors (Lipinski definition) is 7. The fraction of sp³-hybridized carbons (Fsp3) is 0.567. The van der Waals surface area contributed by atoms with Crippen molar-refractivity contribution >= 4 is 18.3 Å². The first-order valence-electron chi connectivity index (χ1n) is 14.4. The third-order valence-corrected chi connectivity index (χ3v) is 7.90. The largest absolute Gasteiger partial charge is 0.497 e. The Morgan fingerprint density at radius 3 is 2.52 bits per heavy atom. The minimum Gasteiger partial charge on any atom is -0.497 e. The van der Waals surface area contributed by atoms with Gasteiger partial charge in [-0.25, -0.2) is 13.6 Å². The van der Waals surface area contributed by atoms with Gasteiger partial charge in [0.25, 0.3) is 5.91 Å². The van der Waals surface area contributed by atoms with Crippen molar-refractivity contribution in [1.82, 2.24) is 14.7 Å². The molecule has 2 atom stereocenters. The molecular formula is C30H40F2N4O6. The molecule has 4 rings (SSSR count). The van der Waals surface area contributed by atoms with Crippen molar-refractivity contribution in [3.05, 3.63) is 59.2 Å². The number of carbonyl (C=O) groups is 3. The highest BCUT2D eigenvalue weighted by Gasteiger charge is 2.46. The number of allylic oxidation sites excluding steroid dienone is 3. The van der Waals surface area contributed by atoms with Gasteiger partial charge in [-0.1, -0.05) is 12.2 Å². The van der Waals surface area contributed by atoms with Crippen molar-refractivity contribution in [1.29, 1.82) is 0 Å². The van der Waals surface area contributed by atoms with Crippen LogP contribution in [0, 0.1) is 5.92 Å². The molecule has 0 spiro atoms. The van der Waals surface area contributed by atoms with E-state index in [1.165, 1.54) is 6.08 Å². The molecule has 0 aromatic carbocycles. The highest BCUT2D eigenvalue weighted by Crippen LogP contribution is 2.34. The number of fused-ring (bicyclic) bond motifs is 1. The fourth-order valence-electron chi connectivity index (χ4n) is 5.57. The lowest BCUT2D eigenvalue weighted by atomic mass is 9.89. The van der Waals surface area contributed by atoms with E-state index in [0.29, 0.717) is 56.8 Å². The zero-order chi connectivity index (χ0) is 30.1. The molecule has 0 aromatic rings. The maximum absolute atomic E-state index is 13.8. The van der Waals surface area contributed by atoms with Crippen LogP contribution in [0.2, 0.25) is 0 Å². The third kappa shape index (κ3) is 7.58. The molecule has 0 saturated carbocycles. The average molecular weight is 591 g/mol. The molecule has 2 aliphatic heterocycles. The second kappa shape index (κ2) is 15.0. The molecule has 230 valence electrons. The molecule has 2 fully saturated rings. The summed E-state index contributed by atoms with van der Waals surface area (Å²) in [6.45, 7) is -0.143. The Hall–Kier alpha value is -3.67. The maximum Gasteiger partial charge on any atom is 0.328 e.